The van der Waals surface area contributed by atoms with Gasteiger partial charge in [-0.1, -0.05) is 0 Å². The summed E-state index contributed by atoms with van der Waals surface area (Å²) >= 11 is 0. The van der Waals surface area contributed by atoms with Gasteiger partial charge in [0.15, 0.2) is 0 Å². The van der Waals surface area contributed by atoms with E-state index in [0.717, 1.165) is 25.2 Å². The van der Waals surface area contributed by atoms with Gasteiger partial charge in [-0.3, -0.25) is 0 Å². The molecule has 6 heteroatoms. The highest BCUT2D eigenvalue weighted by molar-refractivity contribution is 7.89. The predicted octanol–water partition coefficient (Wildman–Crippen LogP) is 0.0861. The highest BCUT2D eigenvalue weighted by atomic mass is 32.2. The van der Waals surface area contributed by atoms with Crippen molar-refractivity contribution < 1.29 is 8.42 Å². The standard InChI is InChI=1S/C11H19N3O2S/c15-17(16,9-10-3-6-12-8-10)14-7-4-11-2-1-5-13-11/h1-2,5,10,12-14H,3-4,6-9H2. The van der Waals surface area contributed by atoms with Gasteiger partial charge in [-0.25, -0.2) is 13.1 Å². The Hall–Kier alpha value is -0.850. The molecule has 96 valence electrons. The molecule has 0 amide bonds. The van der Waals surface area contributed by atoms with E-state index in [4.69, 9.17) is 0 Å². The Balaban J connectivity index is 1.73. The van der Waals surface area contributed by atoms with Crippen LogP contribution in [-0.2, 0) is 16.4 Å². The fraction of sp³-hybridized carbons (Fsp3) is 0.636. The second-order valence-corrected chi connectivity index (χ2v) is 6.33. The Morgan fingerprint density at radius 2 is 2.35 bits per heavy atom. The third-order valence-corrected chi connectivity index (χ3v) is 4.55. The maximum Gasteiger partial charge on any atom is 0.211 e. The van der Waals surface area contributed by atoms with Gasteiger partial charge in [-0.2, -0.15) is 0 Å². The van der Waals surface area contributed by atoms with Crippen LogP contribution in [0.1, 0.15) is 12.1 Å². The van der Waals surface area contributed by atoms with E-state index < -0.39 is 10.0 Å². The van der Waals surface area contributed by atoms with Crippen LogP contribution in [0.15, 0.2) is 18.3 Å². The van der Waals surface area contributed by atoms with E-state index in [2.05, 4.69) is 15.0 Å². The average molecular weight is 257 g/mol. The zero-order valence-corrected chi connectivity index (χ0v) is 10.6. The normalized spacial score (nSPS) is 20.8. The number of hydrogen-bond acceptors (Lipinski definition) is 3. The van der Waals surface area contributed by atoms with Crippen molar-refractivity contribution in [2.24, 2.45) is 5.92 Å². The van der Waals surface area contributed by atoms with Crippen LogP contribution in [0.2, 0.25) is 0 Å². The molecule has 1 atom stereocenters. The number of aromatic nitrogens is 1. The topological polar surface area (TPSA) is 74.0 Å². The largest absolute Gasteiger partial charge is 0.365 e. The SMILES string of the molecule is O=S(=O)(CC1CCNC1)NCCc1ccc[nH]1. The van der Waals surface area contributed by atoms with Crippen molar-refractivity contribution in [3.8, 4) is 0 Å². The molecule has 0 aliphatic carbocycles. The highest BCUT2D eigenvalue weighted by Gasteiger charge is 2.21. The summed E-state index contributed by atoms with van der Waals surface area (Å²) in [6, 6.07) is 3.86. The van der Waals surface area contributed by atoms with Gasteiger partial charge in [0.1, 0.15) is 0 Å². The van der Waals surface area contributed by atoms with E-state index >= 15 is 0 Å². The Labute approximate surface area is 102 Å². The molecule has 1 fully saturated rings. The zero-order valence-electron chi connectivity index (χ0n) is 9.78. The van der Waals surface area contributed by atoms with Crippen molar-refractivity contribution in [3.63, 3.8) is 0 Å². The second-order valence-electron chi connectivity index (χ2n) is 4.48. The molecule has 1 aromatic rings. The molecule has 1 unspecified atom stereocenters. The molecule has 1 saturated heterocycles. The maximum absolute atomic E-state index is 11.8. The van der Waals surface area contributed by atoms with E-state index in [-0.39, 0.29) is 11.7 Å². The summed E-state index contributed by atoms with van der Waals surface area (Å²) in [5.74, 6) is 0.503. The maximum atomic E-state index is 11.8. The van der Waals surface area contributed by atoms with Crippen LogP contribution in [0.5, 0.6) is 0 Å². The average Bonchev–Trinajstić information content (AvgIpc) is 2.89. The van der Waals surface area contributed by atoms with E-state index in [1.165, 1.54) is 0 Å². The van der Waals surface area contributed by atoms with Gasteiger partial charge < -0.3 is 10.3 Å². The van der Waals surface area contributed by atoms with E-state index in [9.17, 15) is 8.42 Å². The van der Waals surface area contributed by atoms with Crippen LogP contribution in [-0.4, -0.2) is 38.8 Å². The zero-order chi connectivity index (χ0) is 12.1. The van der Waals surface area contributed by atoms with Crippen molar-refractivity contribution in [1.82, 2.24) is 15.0 Å². The Morgan fingerprint density at radius 3 is 3.00 bits per heavy atom. The molecule has 2 rings (SSSR count). The molecule has 2 heterocycles. The Bertz CT molecular complexity index is 422. The van der Waals surface area contributed by atoms with Gasteiger partial charge in [0.2, 0.25) is 10.0 Å². The van der Waals surface area contributed by atoms with Crippen LogP contribution in [0.4, 0.5) is 0 Å². The minimum Gasteiger partial charge on any atom is -0.365 e. The predicted molar refractivity (Wildman–Crippen MR) is 67.3 cm³/mol. The molecule has 1 aromatic heterocycles. The third kappa shape index (κ3) is 4.14. The fourth-order valence-electron chi connectivity index (χ4n) is 2.09. The lowest BCUT2D eigenvalue weighted by molar-refractivity contribution is 0.557. The van der Waals surface area contributed by atoms with Crippen molar-refractivity contribution in [1.29, 1.82) is 0 Å². The number of aromatic amines is 1. The molecule has 0 bridgehead atoms. The quantitative estimate of drug-likeness (QED) is 0.676. The minimum absolute atomic E-state index is 0.241. The van der Waals surface area contributed by atoms with Crippen LogP contribution in [0.3, 0.4) is 0 Å². The van der Waals surface area contributed by atoms with E-state index in [1.54, 1.807) is 0 Å². The van der Waals surface area contributed by atoms with Gasteiger partial charge in [0.05, 0.1) is 5.75 Å². The molecule has 3 N–H and O–H groups in total. The number of hydrogen-bond donors (Lipinski definition) is 3. The monoisotopic (exact) mass is 257 g/mol. The van der Waals surface area contributed by atoms with E-state index in [1.807, 2.05) is 18.3 Å². The van der Waals surface area contributed by atoms with Crippen LogP contribution < -0.4 is 10.0 Å². The summed E-state index contributed by atoms with van der Waals surface area (Å²) in [6.45, 7) is 2.21. The molecular formula is C11H19N3O2S. The number of sulfonamides is 1. The van der Waals surface area contributed by atoms with Gasteiger partial charge >= 0.3 is 0 Å². The molecule has 5 nitrogen and oxygen atoms in total. The Kier molecular flexibility index (Phi) is 4.20. The smallest absolute Gasteiger partial charge is 0.211 e. The summed E-state index contributed by atoms with van der Waals surface area (Å²) in [5.41, 5.74) is 1.05. The Morgan fingerprint density at radius 1 is 1.47 bits per heavy atom. The summed E-state index contributed by atoms with van der Waals surface area (Å²) < 4.78 is 26.2. The molecule has 1 aliphatic heterocycles. The molecule has 0 radical (unpaired) electrons. The van der Waals surface area contributed by atoms with Crippen LogP contribution in [0, 0.1) is 5.92 Å². The molecular weight excluding hydrogens is 238 g/mol. The van der Waals surface area contributed by atoms with E-state index in [0.29, 0.717) is 13.0 Å². The first-order valence-corrected chi connectivity index (χ1v) is 7.61. The lowest BCUT2D eigenvalue weighted by Gasteiger charge is -2.10. The fourth-order valence-corrected chi connectivity index (χ4v) is 3.53. The lowest BCUT2D eigenvalue weighted by Crippen LogP contribution is -2.32. The molecule has 1 aliphatic rings. The van der Waals surface area contributed by atoms with Gasteiger partial charge in [-0.05, 0) is 37.6 Å². The summed E-state index contributed by atoms with van der Waals surface area (Å²) in [6.07, 6.45) is 3.50. The first kappa shape index (κ1) is 12.6. The number of rotatable bonds is 6. The molecule has 0 spiro atoms. The first-order chi connectivity index (χ1) is 8.16. The molecule has 17 heavy (non-hydrogen) atoms. The van der Waals surface area contributed by atoms with Crippen molar-refractivity contribution in [3.05, 3.63) is 24.0 Å². The van der Waals surface area contributed by atoms with Crippen LogP contribution >= 0.6 is 0 Å². The summed E-state index contributed by atoms with van der Waals surface area (Å²) in [7, 11) is -3.12. The van der Waals surface area contributed by atoms with Gasteiger partial charge in [0, 0.05) is 24.9 Å². The van der Waals surface area contributed by atoms with Gasteiger partial charge in [0.25, 0.3) is 0 Å². The van der Waals surface area contributed by atoms with Crippen molar-refractivity contribution >= 4 is 10.0 Å². The van der Waals surface area contributed by atoms with Crippen LogP contribution in [0.25, 0.3) is 0 Å². The first-order valence-electron chi connectivity index (χ1n) is 5.96. The summed E-state index contributed by atoms with van der Waals surface area (Å²) in [5, 5.41) is 3.18. The minimum atomic E-state index is -3.12. The van der Waals surface area contributed by atoms with Crippen molar-refractivity contribution in [2.75, 3.05) is 25.4 Å². The number of nitrogens with one attached hydrogen (secondary N) is 3. The molecule has 0 aromatic carbocycles. The van der Waals surface area contributed by atoms with Gasteiger partial charge in [-0.15, -0.1) is 0 Å². The molecule has 0 saturated carbocycles. The van der Waals surface area contributed by atoms with Crippen molar-refractivity contribution in [2.45, 2.75) is 12.8 Å². The highest BCUT2D eigenvalue weighted by Crippen LogP contribution is 2.09. The second kappa shape index (κ2) is 5.66. The lowest BCUT2D eigenvalue weighted by atomic mass is 10.2. The number of H-pyrrole nitrogens is 1. The third-order valence-electron chi connectivity index (χ3n) is 3.00. The summed E-state index contributed by atoms with van der Waals surface area (Å²) in [4.78, 5) is 3.05.